The van der Waals surface area contributed by atoms with Crippen LogP contribution in [0, 0.1) is 5.92 Å². The van der Waals surface area contributed by atoms with Crippen molar-refractivity contribution in [3.8, 4) is 0 Å². The second kappa shape index (κ2) is 5.01. The highest BCUT2D eigenvalue weighted by Crippen LogP contribution is 2.16. The zero-order valence-electron chi connectivity index (χ0n) is 9.87. The van der Waals surface area contributed by atoms with Crippen molar-refractivity contribution < 1.29 is 4.79 Å². The van der Waals surface area contributed by atoms with Crippen molar-refractivity contribution in [2.45, 2.75) is 40.5 Å². The highest BCUT2D eigenvalue weighted by molar-refractivity contribution is 6.36. The summed E-state index contributed by atoms with van der Waals surface area (Å²) >= 11 is 0. The van der Waals surface area contributed by atoms with Gasteiger partial charge in [0, 0.05) is 6.21 Å². The second-order valence-corrected chi connectivity index (χ2v) is 3.89. The van der Waals surface area contributed by atoms with Crippen LogP contribution in [0.5, 0.6) is 0 Å². The summed E-state index contributed by atoms with van der Waals surface area (Å²) in [6, 6.07) is 0. The second-order valence-electron chi connectivity index (χ2n) is 3.89. The lowest BCUT2D eigenvalue weighted by atomic mass is 10.0. The first kappa shape index (κ1) is 11.8. The smallest absolute Gasteiger partial charge is 0.265 e. The largest absolute Gasteiger partial charge is 0.295 e. The summed E-state index contributed by atoms with van der Waals surface area (Å²) in [5.41, 5.74) is 2.32. The van der Waals surface area contributed by atoms with Crippen LogP contribution in [0.2, 0.25) is 0 Å². The van der Waals surface area contributed by atoms with Gasteiger partial charge in [0.15, 0.2) is 0 Å². The van der Waals surface area contributed by atoms with Crippen LogP contribution >= 0.6 is 0 Å². The van der Waals surface area contributed by atoms with E-state index in [-0.39, 0.29) is 5.91 Å². The fourth-order valence-corrected chi connectivity index (χ4v) is 1.29. The Morgan fingerprint density at radius 1 is 1.47 bits per heavy atom. The third-order valence-corrected chi connectivity index (χ3v) is 2.81. The fraction of sp³-hybridized carbons (Fsp3) is 0.583. The fourth-order valence-electron chi connectivity index (χ4n) is 1.29. The van der Waals surface area contributed by atoms with Crippen LogP contribution < -0.4 is 0 Å². The van der Waals surface area contributed by atoms with Gasteiger partial charge in [-0.25, -0.2) is 9.98 Å². The summed E-state index contributed by atoms with van der Waals surface area (Å²) in [5.74, 6) is 0.119. The number of allylic oxidation sites excluding steroid dienone is 1. The van der Waals surface area contributed by atoms with Crippen LogP contribution in [0.15, 0.2) is 21.3 Å². The molecule has 1 unspecified atom stereocenters. The molecule has 15 heavy (non-hydrogen) atoms. The molecule has 0 bridgehead atoms. The number of rotatable bonds is 3. The van der Waals surface area contributed by atoms with Gasteiger partial charge in [-0.3, -0.25) is 4.79 Å². The molecule has 0 spiro atoms. The Morgan fingerprint density at radius 2 is 2.13 bits per heavy atom. The van der Waals surface area contributed by atoms with Crippen LogP contribution in [0.3, 0.4) is 0 Å². The summed E-state index contributed by atoms with van der Waals surface area (Å²) in [6.45, 7) is 8.07. The van der Waals surface area contributed by atoms with Gasteiger partial charge in [0.2, 0.25) is 0 Å². The van der Waals surface area contributed by atoms with Crippen LogP contribution in [0.1, 0.15) is 40.5 Å². The van der Waals surface area contributed by atoms with E-state index in [0.29, 0.717) is 11.6 Å². The molecule has 0 aromatic rings. The van der Waals surface area contributed by atoms with E-state index >= 15 is 0 Å². The summed E-state index contributed by atoms with van der Waals surface area (Å²) in [4.78, 5) is 19.9. The van der Waals surface area contributed by atoms with E-state index in [4.69, 9.17) is 0 Å². The minimum Gasteiger partial charge on any atom is -0.265 e. The molecule has 0 aromatic heterocycles. The number of carbonyl (C=O) groups is 1. The lowest BCUT2D eigenvalue weighted by molar-refractivity contribution is -0.114. The number of amides is 1. The standard InChI is InChI=1S/C12H18N2O/c1-5-8(3)10-7-13-11(9(4)6-2)12(15)14-10/h7-8H,5-6H2,1-4H3/b11-9-. The Hall–Kier alpha value is -1.25. The number of hydrogen-bond donors (Lipinski definition) is 0. The zero-order chi connectivity index (χ0) is 11.4. The van der Waals surface area contributed by atoms with Gasteiger partial charge in [-0.2, -0.15) is 0 Å². The van der Waals surface area contributed by atoms with E-state index in [0.717, 1.165) is 24.1 Å². The molecule has 3 heteroatoms. The molecule has 0 saturated heterocycles. The van der Waals surface area contributed by atoms with Crippen molar-refractivity contribution in [3.63, 3.8) is 0 Å². The van der Waals surface area contributed by atoms with Gasteiger partial charge < -0.3 is 0 Å². The first-order valence-corrected chi connectivity index (χ1v) is 5.46. The first-order valence-electron chi connectivity index (χ1n) is 5.46. The summed E-state index contributed by atoms with van der Waals surface area (Å²) < 4.78 is 0. The molecule has 0 aliphatic carbocycles. The molecule has 1 aliphatic heterocycles. The van der Waals surface area contributed by atoms with Crippen LogP contribution in [-0.2, 0) is 4.79 Å². The molecule has 1 heterocycles. The lowest BCUT2D eigenvalue weighted by Gasteiger charge is -2.13. The maximum Gasteiger partial charge on any atom is 0.295 e. The normalized spacial score (nSPS) is 21.3. The van der Waals surface area contributed by atoms with E-state index in [1.165, 1.54) is 0 Å². The van der Waals surface area contributed by atoms with Crippen molar-refractivity contribution >= 4 is 17.8 Å². The third-order valence-electron chi connectivity index (χ3n) is 2.81. The van der Waals surface area contributed by atoms with Gasteiger partial charge >= 0.3 is 0 Å². The quantitative estimate of drug-likeness (QED) is 0.655. The highest BCUT2D eigenvalue weighted by Gasteiger charge is 2.18. The van der Waals surface area contributed by atoms with Crippen LogP contribution in [-0.4, -0.2) is 17.8 Å². The van der Waals surface area contributed by atoms with Gasteiger partial charge in [-0.05, 0) is 31.3 Å². The van der Waals surface area contributed by atoms with E-state index in [1.54, 1.807) is 6.21 Å². The minimum atomic E-state index is -0.188. The van der Waals surface area contributed by atoms with Crippen LogP contribution in [0.4, 0.5) is 0 Å². The summed E-state index contributed by atoms with van der Waals surface area (Å²) in [5, 5.41) is 0. The maximum absolute atomic E-state index is 11.7. The lowest BCUT2D eigenvalue weighted by Crippen LogP contribution is -2.19. The molecule has 0 fully saturated rings. The Labute approximate surface area is 91.0 Å². The van der Waals surface area contributed by atoms with Gasteiger partial charge in [-0.1, -0.05) is 20.8 Å². The molecule has 1 amide bonds. The molecule has 3 nitrogen and oxygen atoms in total. The van der Waals surface area contributed by atoms with Crippen molar-refractivity contribution in [2.24, 2.45) is 15.9 Å². The SMILES string of the molecule is CC/C(C)=C1\N=CC(C(C)CC)=NC1=O. The Morgan fingerprint density at radius 3 is 2.60 bits per heavy atom. The molecule has 82 valence electrons. The van der Waals surface area contributed by atoms with E-state index in [2.05, 4.69) is 23.8 Å². The number of nitrogens with zero attached hydrogens (tertiary/aromatic N) is 2. The Bertz CT molecular complexity index is 351. The number of hydrogen-bond acceptors (Lipinski definition) is 2. The molecule has 0 radical (unpaired) electrons. The summed E-state index contributed by atoms with van der Waals surface area (Å²) in [7, 11) is 0. The number of carbonyl (C=O) groups excluding carboxylic acids is 1. The van der Waals surface area contributed by atoms with Crippen molar-refractivity contribution in [3.05, 3.63) is 11.3 Å². The average Bonchev–Trinajstić information content (AvgIpc) is 2.26. The van der Waals surface area contributed by atoms with E-state index in [9.17, 15) is 4.79 Å². The topological polar surface area (TPSA) is 41.8 Å². The van der Waals surface area contributed by atoms with Gasteiger partial charge in [-0.15, -0.1) is 0 Å². The molecule has 0 N–H and O–H groups in total. The predicted octanol–water partition coefficient (Wildman–Crippen LogP) is 2.77. The highest BCUT2D eigenvalue weighted by atomic mass is 16.1. The molecule has 1 aliphatic rings. The van der Waals surface area contributed by atoms with Gasteiger partial charge in [0.25, 0.3) is 5.91 Å². The Balaban J connectivity index is 2.94. The molecule has 1 rings (SSSR count). The van der Waals surface area contributed by atoms with Gasteiger partial charge in [0.1, 0.15) is 5.70 Å². The van der Waals surface area contributed by atoms with E-state index in [1.807, 2.05) is 13.8 Å². The van der Waals surface area contributed by atoms with Crippen LogP contribution in [0.25, 0.3) is 0 Å². The number of aliphatic imine (C=N–C) groups is 2. The zero-order valence-corrected chi connectivity index (χ0v) is 9.87. The minimum absolute atomic E-state index is 0.188. The summed E-state index contributed by atoms with van der Waals surface area (Å²) in [6.07, 6.45) is 3.54. The van der Waals surface area contributed by atoms with Crippen molar-refractivity contribution in [1.82, 2.24) is 0 Å². The average molecular weight is 206 g/mol. The van der Waals surface area contributed by atoms with Crippen molar-refractivity contribution in [1.29, 1.82) is 0 Å². The maximum atomic E-state index is 11.7. The Kier molecular flexibility index (Phi) is 3.95. The van der Waals surface area contributed by atoms with E-state index < -0.39 is 0 Å². The molecule has 0 saturated carbocycles. The molecular formula is C12H18N2O. The third kappa shape index (κ3) is 2.61. The van der Waals surface area contributed by atoms with Crippen molar-refractivity contribution in [2.75, 3.05) is 0 Å². The van der Waals surface area contributed by atoms with Gasteiger partial charge in [0.05, 0.1) is 5.71 Å². The molecular weight excluding hydrogens is 188 g/mol. The predicted molar refractivity (Wildman–Crippen MR) is 63.4 cm³/mol. The molecule has 1 atom stereocenters. The molecule has 0 aromatic carbocycles. The monoisotopic (exact) mass is 206 g/mol. The first-order chi connectivity index (χ1) is 7.10.